The number of amidine groups is 1. The fraction of sp³-hybridized carbons (Fsp3) is 0.316. The Labute approximate surface area is 130 Å². The molecule has 3 aliphatic rings. The molecule has 3 aliphatic heterocycles. The van der Waals surface area contributed by atoms with Crippen LogP contribution in [-0.4, -0.2) is 36.5 Å². The van der Waals surface area contributed by atoms with Gasteiger partial charge in [-0.25, -0.2) is 0 Å². The molecule has 110 valence electrons. The van der Waals surface area contributed by atoms with Crippen LogP contribution >= 0.6 is 0 Å². The molecule has 1 fully saturated rings. The zero-order chi connectivity index (χ0) is 14.5. The van der Waals surface area contributed by atoms with E-state index in [1.165, 1.54) is 29.1 Å². The van der Waals surface area contributed by atoms with E-state index in [0.717, 1.165) is 19.6 Å². The average molecular weight is 289 g/mol. The maximum Gasteiger partial charge on any atom is 0.134 e. The minimum atomic E-state index is 0.429. The molecule has 2 aromatic rings. The summed E-state index contributed by atoms with van der Waals surface area (Å²) in [6.07, 6.45) is 1.64. The molecule has 0 aromatic heterocycles. The molecule has 1 saturated heterocycles. The van der Waals surface area contributed by atoms with Crippen LogP contribution in [0.1, 0.15) is 23.5 Å². The van der Waals surface area contributed by atoms with Gasteiger partial charge in [-0.15, -0.1) is 0 Å². The molecule has 0 amide bonds. The average Bonchev–Trinajstić information content (AvgIpc) is 3.22. The largest absolute Gasteiger partial charge is 0.350 e. The standard InChI is InChI=1S/C19H19N3/c1-2-6-14(7-3-1)15-10-12-21-17-9-5-4-8-16(17)18-20-11-13-22(18)19(15)21/h1-9,15,19H,10-13H2. The molecule has 3 heterocycles. The molecular weight excluding hydrogens is 270 g/mol. The molecule has 3 heteroatoms. The first kappa shape index (κ1) is 12.3. The van der Waals surface area contributed by atoms with Gasteiger partial charge in [-0.1, -0.05) is 42.5 Å². The zero-order valence-electron chi connectivity index (χ0n) is 12.5. The third kappa shape index (κ3) is 1.59. The van der Waals surface area contributed by atoms with Crippen LogP contribution in [0.4, 0.5) is 5.69 Å². The van der Waals surface area contributed by atoms with Crippen LogP contribution in [-0.2, 0) is 0 Å². The molecular formula is C19H19N3. The summed E-state index contributed by atoms with van der Waals surface area (Å²) in [6, 6.07) is 19.7. The molecule has 0 saturated carbocycles. The summed E-state index contributed by atoms with van der Waals surface area (Å²) in [4.78, 5) is 9.93. The van der Waals surface area contributed by atoms with Crippen molar-refractivity contribution in [1.29, 1.82) is 0 Å². The predicted molar refractivity (Wildman–Crippen MR) is 89.5 cm³/mol. The molecule has 3 nitrogen and oxygen atoms in total. The maximum atomic E-state index is 4.80. The summed E-state index contributed by atoms with van der Waals surface area (Å²) in [5.74, 6) is 1.78. The monoisotopic (exact) mass is 289 g/mol. The van der Waals surface area contributed by atoms with Crippen molar-refractivity contribution >= 4 is 11.5 Å². The molecule has 5 rings (SSSR count). The Hall–Kier alpha value is -2.29. The van der Waals surface area contributed by atoms with Crippen LogP contribution in [0.15, 0.2) is 59.6 Å². The Morgan fingerprint density at radius 2 is 1.68 bits per heavy atom. The van der Waals surface area contributed by atoms with E-state index in [4.69, 9.17) is 4.99 Å². The topological polar surface area (TPSA) is 18.8 Å². The van der Waals surface area contributed by atoms with Crippen LogP contribution in [0, 0.1) is 0 Å². The molecule has 0 bridgehead atoms. The highest BCUT2D eigenvalue weighted by Gasteiger charge is 2.45. The highest BCUT2D eigenvalue weighted by molar-refractivity contribution is 6.06. The summed E-state index contributed by atoms with van der Waals surface area (Å²) >= 11 is 0. The lowest BCUT2D eigenvalue weighted by Crippen LogP contribution is -2.53. The second-order valence-electron chi connectivity index (χ2n) is 6.33. The van der Waals surface area contributed by atoms with Crippen LogP contribution in [0.5, 0.6) is 0 Å². The lowest BCUT2D eigenvalue weighted by Gasteiger charge is -2.43. The van der Waals surface area contributed by atoms with Gasteiger partial charge >= 0.3 is 0 Å². The molecule has 0 spiro atoms. The smallest absolute Gasteiger partial charge is 0.134 e. The van der Waals surface area contributed by atoms with E-state index in [1.54, 1.807) is 0 Å². The summed E-state index contributed by atoms with van der Waals surface area (Å²) in [6.45, 7) is 3.11. The number of rotatable bonds is 1. The minimum absolute atomic E-state index is 0.429. The second kappa shape index (κ2) is 4.60. The van der Waals surface area contributed by atoms with Gasteiger partial charge in [0.1, 0.15) is 12.0 Å². The third-order valence-electron chi connectivity index (χ3n) is 5.24. The molecule has 22 heavy (non-hydrogen) atoms. The van der Waals surface area contributed by atoms with E-state index in [2.05, 4.69) is 64.4 Å². The summed E-state index contributed by atoms with van der Waals surface area (Å²) < 4.78 is 0. The van der Waals surface area contributed by atoms with E-state index >= 15 is 0 Å². The van der Waals surface area contributed by atoms with E-state index in [0.29, 0.717) is 12.1 Å². The zero-order valence-corrected chi connectivity index (χ0v) is 12.5. The van der Waals surface area contributed by atoms with Crippen molar-refractivity contribution in [2.75, 3.05) is 24.5 Å². The van der Waals surface area contributed by atoms with Gasteiger partial charge in [-0.3, -0.25) is 4.99 Å². The van der Waals surface area contributed by atoms with E-state index in [9.17, 15) is 0 Å². The summed E-state index contributed by atoms with van der Waals surface area (Å²) in [5.41, 5.74) is 4.13. The SMILES string of the molecule is c1ccc(C2CCN3c4ccccc4C4=NCCN4C23)cc1. The molecule has 2 aromatic carbocycles. The first-order chi connectivity index (χ1) is 10.9. The predicted octanol–water partition coefficient (Wildman–Crippen LogP) is 3.08. The van der Waals surface area contributed by atoms with Crippen LogP contribution < -0.4 is 4.90 Å². The molecule has 2 atom stereocenters. The number of hydrogen-bond acceptors (Lipinski definition) is 3. The number of hydrogen-bond donors (Lipinski definition) is 0. The number of nitrogens with zero attached hydrogens (tertiary/aromatic N) is 3. The van der Waals surface area contributed by atoms with E-state index in [1.807, 2.05) is 0 Å². The fourth-order valence-electron chi connectivity index (χ4n) is 4.34. The fourth-order valence-corrected chi connectivity index (χ4v) is 4.34. The lowest BCUT2D eigenvalue weighted by molar-refractivity contribution is 0.311. The quantitative estimate of drug-likeness (QED) is 0.803. The van der Waals surface area contributed by atoms with Gasteiger partial charge in [0.2, 0.25) is 0 Å². The number of aliphatic imine (C=N–C) groups is 1. The molecule has 0 radical (unpaired) electrons. The van der Waals surface area contributed by atoms with Gasteiger partial charge in [0.05, 0.1) is 6.54 Å². The Morgan fingerprint density at radius 3 is 2.59 bits per heavy atom. The van der Waals surface area contributed by atoms with E-state index < -0.39 is 0 Å². The third-order valence-corrected chi connectivity index (χ3v) is 5.24. The molecule has 2 unspecified atom stereocenters. The molecule has 0 N–H and O–H groups in total. The Morgan fingerprint density at radius 1 is 0.864 bits per heavy atom. The van der Waals surface area contributed by atoms with Crippen molar-refractivity contribution in [2.24, 2.45) is 4.99 Å². The van der Waals surface area contributed by atoms with Crippen molar-refractivity contribution in [3.8, 4) is 0 Å². The summed E-state index contributed by atoms with van der Waals surface area (Å²) in [7, 11) is 0. The molecule has 0 aliphatic carbocycles. The Balaban J connectivity index is 1.64. The van der Waals surface area contributed by atoms with Gasteiger partial charge in [0.25, 0.3) is 0 Å². The number of para-hydroxylation sites is 1. The van der Waals surface area contributed by atoms with Gasteiger partial charge in [-0.2, -0.15) is 0 Å². The number of anilines is 1. The van der Waals surface area contributed by atoms with Crippen LogP contribution in [0.3, 0.4) is 0 Å². The lowest BCUT2D eigenvalue weighted by atomic mass is 9.93. The highest BCUT2D eigenvalue weighted by Crippen LogP contribution is 2.44. The van der Waals surface area contributed by atoms with Gasteiger partial charge in [-0.05, 0) is 24.1 Å². The Bertz CT molecular complexity index is 737. The normalized spacial score (nSPS) is 25.5. The maximum absolute atomic E-state index is 4.80. The number of fused-ring (bicyclic) bond motifs is 6. The first-order valence-corrected chi connectivity index (χ1v) is 8.15. The van der Waals surface area contributed by atoms with Gasteiger partial charge in [0.15, 0.2) is 0 Å². The van der Waals surface area contributed by atoms with Crippen molar-refractivity contribution in [2.45, 2.75) is 18.5 Å². The second-order valence-corrected chi connectivity index (χ2v) is 6.33. The summed E-state index contributed by atoms with van der Waals surface area (Å²) in [5, 5.41) is 0. The van der Waals surface area contributed by atoms with Gasteiger partial charge < -0.3 is 9.80 Å². The number of benzene rings is 2. The minimum Gasteiger partial charge on any atom is -0.350 e. The van der Waals surface area contributed by atoms with Crippen molar-refractivity contribution in [3.63, 3.8) is 0 Å². The van der Waals surface area contributed by atoms with Crippen molar-refractivity contribution in [1.82, 2.24) is 4.90 Å². The van der Waals surface area contributed by atoms with Crippen molar-refractivity contribution < 1.29 is 0 Å². The van der Waals surface area contributed by atoms with Crippen molar-refractivity contribution in [3.05, 3.63) is 65.7 Å². The Kier molecular flexibility index (Phi) is 2.57. The van der Waals surface area contributed by atoms with Gasteiger partial charge in [0, 0.05) is 30.3 Å². The first-order valence-electron chi connectivity index (χ1n) is 8.15. The highest BCUT2D eigenvalue weighted by atomic mass is 15.4. The van der Waals surface area contributed by atoms with Crippen LogP contribution in [0.2, 0.25) is 0 Å². The van der Waals surface area contributed by atoms with Crippen LogP contribution in [0.25, 0.3) is 0 Å². The van der Waals surface area contributed by atoms with E-state index in [-0.39, 0.29) is 0 Å².